The Morgan fingerprint density at radius 2 is 1.84 bits per heavy atom. The number of Topliss-reactive ketones (excluding diaryl/α,β-unsaturated/α-hetero) is 1. The van der Waals surface area contributed by atoms with E-state index in [-0.39, 0.29) is 17.4 Å². The molecule has 0 N–H and O–H groups in total. The Hall–Kier alpha value is -2.49. The van der Waals surface area contributed by atoms with Crippen LogP contribution in [-0.4, -0.2) is 77.5 Å². The number of carbonyl (C=O) groups excluding carboxylic acids is 2. The van der Waals surface area contributed by atoms with Gasteiger partial charge in [-0.05, 0) is 44.3 Å². The normalized spacial score (nSPS) is 14.7. The van der Waals surface area contributed by atoms with Crippen molar-refractivity contribution >= 4 is 45.7 Å². The summed E-state index contributed by atoms with van der Waals surface area (Å²) in [7, 11) is 3.67. The van der Waals surface area contributed by atoms with E-state index in [1.54, 1.807) is 19.2 Å². The number of thioether (sulfide) groups is 1. The number of likely N-dealkylation sites (N-methyl/N-ethyl adjacent to an activating group) is 1. The van der Waals surface area contributed by atoms with Gasteiger partial charge in [-0.1, -0.05) is 11.8 Å². The third-order valence-corrected chi connectivity index (χ3v) is 7.31. The molecule has 1 aliphatic heterocycles. The molecule has 0 aliphatic carbocycles. The van der Waals surface area contributed by atoms with E-state index in [0.717, 1.165) is 47.9 Å². The number of aryl methyl sites for hydroxylation is 1. The Labute approximate surface area is 189 Å². The summed E-state index contributed by atoms with van der Waals surface area (Å²) in [6, 6.07) is 9.16. The zero-order valence-electron chi connectivity index (χ0n) is 17.8. The zero-order valence-corrected chi connectivity index (χ0v) is 19.4. The average molecular weight is 457 g/mol. The van der Waals surface area contributed by atoms with E-state index >= 15 is 0 Å². The maximum absolute atomic E-state index is 12.8. The second-order valence-corrected chi connectivity index (χ2v) is 9.48. The number of amides is 1. The molecule has 31 heavy (non-hydrogen) atoms. The van der Waals surface area contributed by atoms with Crippen LogP contribution in [0.15, 0.2) is 35.4 Å². The van der Waals surface area contributed by atoms with E-state index in [4.69, 9.17) is 4.74 Å². The Bertz CT molecular complexity index is 1120. The fourth-order valence-corrected chi connectivity index (χ4v) is 5.34. The highest BCUT2D eigenvalue weighted by Crippen LogP contribution is 2.30. The molecule has 1 fully saturated rings. The van der Waals surface area contributed by atoms with E-state index in [1.807, 2.05) is 30.0 Å². The molecule has 1 saturated heterocycles. The monoisotopic (exact) mass is 456 g/mol. The van der Waals surface area contributed by atoms with Crippen LogP contribution in [0.25, 0.3) is 10.9 Å². The molecule has 162 valence electrons. The molecular formula is C22H24N4O3S2. The quantitative estimate of drug-likeness (QED) is 0.320. The summed E-state index contributed by atoms with van der Waals surface area (Å²) in [5.74, 6) is 1.61. The summed E-state index contributed by atoms with van der Waals surface area (Å²) in [6.45, 7) is 5.02. The van der Waals surface area contributed by atoms with Gasteiger partial charge in [-0.2, -0.15) is 0 Å². The van der Waals surface area contributed by atoms with Crippen LogP contribution in [0.4, 0.5) is 0 Å². The van der Waals surface area contributed by atoms with Gasteiger partial charge in [0, 0.05) is 31.6 Å². The van der Waals surface area contributed by atoms with Crippen LogP contribution < -0.4 is 4.74 Å². The molecule has 7 nitrogen and oxygen atoms in total. The van der Waals surface area contributed by atoms with E-state index in [1.165, 1.54) is 23.1 Å². The number of ketones is 1. The second-order valence-electron chi connectivity index (χ2n) is 7.43. The smallest absolute Gasteiger partial charge is 0.264 e. The average Bonchev–Trinajstić information content (AvgIpc) is 3.27. The number of hydrogen-bond donors (Lipinski definition) is 0. The van der Waals surface area contributed by atoms with Crippen LogP contribution in [0.2, 0.25) is 0 Å². The summed E-state index contributed by atoms with van der Waals surface area (Å²) in [4.78, 5) is 39.8. The first-order valence-electron chi connectivity index (χ1n) is 10.0. The Kier molecular flexibility index (Phi) is 6.54. The number of benzene rings is 1. The first-order chi connectivity index (χ1) is 14.9. The number of piperazine rings is 1. The molecule has 0 saturated carbocycles. The number of rotatable bonds is 6. The molecule has 0 bridgehead atoms. The summed E-state index contributed by atoms with van der Waals surface area (Å²) in [6.07, 6.45) is 0. The topological polar surface area (TPSA) is 75.6 Å². The van der Waals surface area contributed by atoms with Crippen LogP contribution in [0.3, 0.4) is 0 Å². The Morgan fingerprint density at radius 3 is 2.58 bits per heavy atom. The summed E-state index contributed by atoms with van der Waals surface area (Å²) >= 11 is 2.65. The number of methoxy groups -OCH3 is 1. The van der Waals surface area contributed by atoms with Gasteiger partial charge in [0.2, 0.25) is 0 Å². The molecular weight excluding hydrogens is 432 g/mol. The summed E-state index contributed by atoms with van der Waals surface area (Å²) < 4.78 is 5.31. The predicted octanol–water partition coefficient (Wildman–Crippen LogP) is 3.37. The number of thiophene rings is 1. The summed E-state index contributed by atoms with van der Waals surface area (Å²) in [5.41, 5.74) is 0.819. The van der Waals surface area contributed by atoms with Gasteiger partial charge in [0.05, 0.1) is 28.1 Å². The number of fused-ring (bicyclic) bond motifs is 1. The van der Waals surface area contributed by atoms with E-state index in [9.17, 15) is 9.59 Å². The molecule has 3 heterocycles. The highest BCUT2D eigenvalue weighted by atomic mass is 32.2. The number of ether oxygens (including phenoxy) is 1. The summed E-state index contributed by atoms with van der Waals surface area (Å²) in [5, 5.41) is 1.61. The maximum atomic E-state index is 12.8. The van der Waals surface area contributed by atoms with E-state index < -0.39 is 0 Å². The van der Waals surface area contributed by atoms with Crippen molar-refractivity contribution in [3.8, 4) is 5.75 Å². The van der Waals surface area contributed by atoms with Crippen LogP contribution in [-0.2, 0) is 0 Å². The van der Waals surface area contributed by atoms with Crippen LogP contribution in [0.1, 0.15) is 25.2 Å². The van der Waals surface area contributed by atoms with Crippen LogP contribution >= 0.6 is 23.1 Å². The molecule has 3 aromatic rings. The molecule has 2 aromatic heterocycles. The lowest BCUT2D eigenvalue weighted by atomic mass is 10.2. The standard InChI is InChI=1S/C22H24N4O3S2/c1-14-23-17-5-4-15(29-3)12-16(17)21(24-14)30-13-18(27)19-6-7-20(31-19)22(28)26-10-8-25(2)9-11-26/h4-7,12H,8-11,13H2,1-3H3. The molecule has 1 aliphatic rings. The third kappa shape index (κ3) is 4.89. The molecule has 0 atom stereocenters. The molecule has 0 spiro atoms. The van der Waals surface area contributed by atoms with Gasteiger partial charge < -0.3 is 14.5 Å². The van der Waals surface area contributed by atoms with Crippen molar-refractivity contribution in [2.24, 2.45) is 0 Å². The van der Waals surface area contributed by atoms with Crippen LogP contribution in [0.5, 0.6) is 5.75 Å². The molecule has 4 rings (SSSR count). The highest BCUT2D eigenvalue weighted by molar-refractivity contribution is 8.00. The van der Waals surface area contributed by atoms with Gasteiger partial charge >= 0.3 is 0 Å². The van der Waals surface area contributed by atoms with Crippen molar-refractivity contribution in [1.82, 2.24) is 19.8 Å². The van der Waals surface area contributed by atoms with Crippen molar-refractivity contribution in [3.05, 3.63) is 45.9 Å². The lowest BCUT2D eigenvalue weighted by Crippen LogP contribution is -2.46. The molecule has 1 aromatic carbocycles. The SMILES string of the molecule is COc1ccc2nc(C)nc(SCC(=O)c3ccc(C(=O)N4CCN(C)CC4)s3)c2c1. The van der Waals surface area contributed by atoms with Gasteiger partial charge in [-0.3, -0.25) is 9.59 Å². The largest absolute Gasteiger partial charge is 0.497 e. The fraction of sp³-hybridized carbons (Fsp3) is 0.364. The molecule has 0 unspecified atom stereocenters. The predicted molar refractivity (Wildman–Crippen MR) is 124 cm³/mol. The molecule has 0 radical (unpaired) electrons. The number of hydrogen-bond acceptors (Lipinski definition) is 8. The van der Waals surface area contributed by atoms with Crippen molar-refractivity contribution in [3.63, 3.8) is 0 Å². The van der Waals surface area contributed by atoms with Gasteiger partial charge in [-0.25, -0.2) is 9.97 Å². The minimum atomic E-state index is -0.0141. The maximum Gasteiger partial charge on any atom is 0.264 e. The highest BCUT2D eigenvalue weighted by Gasteiger charge is 2.23. The van der Waals surface area contributed by atoms with Gasteiger partial charge in [0.1, 0.15) is 16.6 Å². The number of aromatic nitrogens is 2. The third-order valence-electron chi connectivity index (χ3n) is 5.20. The second kappa shape index (κ2) is 9.33. The number of carbonyl (C=O) groups is 2. The molecule has 9 heteroatoms. The molecule has 1 amide bonds. The van der Waals surface area contributed by atoms with E-state index in [0.29, 0.717) is 15.6 Å². The minimum Gasteiger partial charge on any atom is -0.497 e. The van der Waals surface area contributed by atoms with Gasteiger partial charge in [0.15, 0.2) is 5.78 Å². The number of nitrogens with zero attached hydrogens (tertiary/aromatic N) is 4. The minimum absolute atomic E-state index is 0.00863. The van der Waals surface area contributed by atoms with Crippen molar-refractivity contribution in [1.29, 1.82) is 0 Å². The lowest BCUT2D eigenvalue weighted by Gasteiger charge is -2.32. The van der Waals surface area contributed by atoms with Gasteiger partial charge in [0.25, 0.3) is 5.91 Å². The van der Waals surface area contributed by atoms with Crippen LogP contribution in [0, 0.1) is 6.92 Å². The lowest BCUT2D eigenvalue weighted by molar-refractivity contribution is 0.0669. The van der Waals surface area contributed by atoms with Gasteiger partial charge in [-0.15, -0.1) is 11.3 Å². The fourth-order valence-electron chi connectivity index (χ4n) is 3.40. The van der Waals surface area contributed by atoms with Crippen molar-refractivity contribution < 1.29 is 14.3 Å². The Morgan fingerprint density at radius 1 is 1.10 bits per heavy atom. The van der Waals surface area contributed by atoms with Crippen molar-refractivity contribution in [2.45, 2.75) is 11.9 Å². The first kappa shape index (κ1) is 21.7. The zero-order chi connectivity index (χ0) is 22.0. The Balaban J connectivity index is 1.46. The van der Waals surface area contributed by atoms with Crippen molar-refractivity contribution in [2.75, 3.05) is 46.1 Å². The van der Waals surface area contributed by atoms with E-state index in [2.05, 4.69) is 21.9 Å². The first-order valence-corrected chi connectivity index (χ1v) is 11.8.